The zero-order valence-corrected chi connectivity index (χ0v) is 30.8. The van der Waals surface area contributed by atoms with E-state index in [9.17, 15) is 14.4 Å². The van der Waals surface area contributed by atoms with Gasteiger partial charge in [0.2, 0.25) is 5.91 Å². The molecule has 1 aliphatic heterocycles. The van der Waals surface area contributed by atoms with E-state index in [1.165, 1.54) is 32.8 Å². The minimum absolute atomic E-state index is 0.112. The molecule has 0 saturated heterocycles. The van der Waals surface area contributed by atoms with Crippen molar-refractivity contribution in [2.24, 2.45) is 4.99 Å². The molecule has 272 valence electrons. The van der Waals surface area contributed by atoms with Crippen LogP contribution in [0, 0.1) is 27.7 Å². The molecule has 0 unspecified atom stereocenters. The molecule has 0 fully saturated rings. The molecule has 0 spiro atoms. The summed E-state index contributed by atoms with van der Waals surface area (Å²) >= 11 is 1.70. The van der Waals surface area contributed by atoms with Crippen molar-refractivity contribution in [2.45, 2.75) is 53.0 Å². The van der Waals surface area contributed by atoms with Crippen molar-refractivity contribution >= 4 is 33.9 Å². The van der Waals surface area contributed by atoms with Crippen LogP contribution in [0.2, 0.25) is 0 Å². The summed E-state index contributed by atoms with van der Waals surface area (Å²) in [6.45, 7) is 10.1. The fourth-order valence-corrected chi connectivity index (χ4v) is 7.53. The average molecular weight is 733 g/mol. The largest absolute Gasteiger partial charge is 0.493 e. The number of ether oxygens (including phenoxy) is 2. The number of rotatable bonds is 13. The number of hydrogen-bond acceptors (Lipinski definition) is 10. The molecule has 1 atom stereocenters. The third-order valence-corrected chi connectivity index (χ3v) is 10.4. The van der Waals surface area contributed by atoms with Gasteiger partial charge in [0.25, 0.3) is 5.56 Å². The highest BCUT2D eigenvalue weighted by atomic mass is 32.1. The first-order chi connectivity index (χ1) is 25.7. The number of hydrogen-bond donors (Lipinski definition) is 2. The molecular weight excluding hydrogens is 693 g/mol. The van der Waals surface area contributed by atoms with Gasteiger partial charge in [-0.25, -0.2) is 4.79 Å². The lowest BCUT2D eigenvalue weighted by Gasteiger charge is -2.13. The molecule has 1 aliphatic rings. The topological polar surface area (TPSA) is 158 Å². The summed E-state index contributed by atoms with van der Waals surface area (Å²) in [6, 6.07) is 16.5. The van der Waals surface area contributed by atoms with Gasteiger partial charge in [-0.05, 0) is 57.9 Å². The number of thiophene rings is 1. The lowest BCUT2D eigenvalue weighted by molar-refractivity contribution is -0.121. The van der Waals surface area contributed by atoms with Gasteiger partial charge in [-0.2, -0.15) is 0 Å². The summed E-state index contributed by atoms with van der Waals surface area (Å²) in [5, 5.41) is 13.7. The number of carbonyl (C=O) groups is 1. The number of nitrogens with one attached hydrogen (secondary N) is 2. The van der Waals surface area contributed by atoms with Gasteiger partial charge in [-0.1, -0.05) is 35.9 Å². The van der Waals surface area contributed by atoms with E-state index in [0.29, 0.717) is 56.5 Å². The van der Waals surface area contributed by atoms with E-state index in [4.69, 9.17) is 14.5 Å². The third-order valence-electron chi connectivity index (χ3n) is 9.19. The molecule has 1 amide bonds. The van der Waals surface area contributed by atoms with Gasteiger partial charge < -0.3 is 14.8 Å². The maximum atomic E-state index is 13.3. The van der Waals surface area contributed by atoms with Crippen LogP contribution in [0.5, 0.6) is 5.75 Å². The highest BCUT2D eigenvalue weighted by Gasteiger charge is 2.32. The lowest BCUT2D eigenvalue weighted by Crippen LogP contribution is -2.27. The van der Waals surface area contributed by atoms with E-state index in [0.717, 1.165) is 38.6 Å². The molecule has 4 aromatic heterocycles. The SMILES string of the molecule is Cc1ccc(C2=N[C@@H](CC(=O)NCCCOCCCOc3cccc4ncc(-n5ccc(=O)[nH]c5=O)cc34)c3nnc(C)n3-c3sc(C)c(C)c32)cc1. The smallest absolute Gasteiger partial charge is 0.332 e. The zero-order chi connectivity index (χ0) is 37.1. The van der Waals surface area contributed by atoms with Crippen molar-refractivity contribution in [3.8, 4) is 16.4 Å². The number of carbonyl (C=O) groups excluding carboxylic acids is 1. The summed E-state index contributed by atoms with van der Waals surface area (Å²) in [7, 11) is 0. The van der Waals surface area contributed by atoms with E-state index in [2.05, 4.69) is 75.1 Å². The quantitative estimate of drug-likeness (QED) is 0.153. The zero-order valence-electron chi connectivity index (χ0n) is 30.0. The van der Waals surface area contributed by atoms with Crippen LogP contribution in [0.1, 0.15) is 64.1 Å². The number of aliphatic imine (C=N–C) groups is 1. The molecule has 0 aliphatic carbocycles. The van der Waals surface area contributed by atoms with Crippen LogP contribution in [0.3, 0.4) is 0 Å². The molecule has 0 bridgehead atoms. The van der Waals surface area contributed by atoms with Gasteiger partial charge in [-0.3, -0.25) is 33.7 Å². The number of benzene rings is 2. The number of pyridine rings is 1. The predicted octanol–water partition coefficient (Wildman–Crippen LogP) is 5.22. The molecule has 14 heteroatoms. The van der Waals surface area contributed by atoms with Crippen molar-refractivity contribution in [3.63, 3.8) is 0 Å². The maximum Gasteiger partial charge on any atom is 0.332 e. The maximum absolute atomic E-state index is 13.3. The molecule has 0 saturated carbocycles. The van der Waals surface area contributed by atoms with Crippen molar-refractivity contribution in [1.29, 1.82) is 0 Å². The Balaban J connectivity index is 0.907. The van der Waals surface area contributed by atoms with Crippen LogP contribution < -0.4 is 21.3 Å². The minimum atomic E-state index is -0.543. The van der Waals surface area contributed by atoms with E-state index in [1.807, 2.05) is 25.1 Å². The summed E-state index contributed by atoms with van der Waals surface area (Å²) in [5.41, 5.74) is 5.50. The number of aromatic amines is 1. The highest BCUT2D eigenvalue weighted by molar-refractivity contribution is 7.15. The number of amides is 1. The monoisotopic (exact) mass is 732 g/mol. The molecule has 7 rings (SSSR count). The van der Waals surface area contributed by atoms with Gasteiger partial charge in [0.15, 0.2) is 5.82 Å². The first kappa shape index (κ1) is 35.7. The Kier molecular flexibility index (Phi) is 10.4. The minimum Gasteiger partial charge on any atom is -0.493 e. The molecule has 2 aromatic carbocycles. The predicted molar refractivity (Wildman–Crippen MR) is 204 cm³/mol. The second-order valence-corrected chi connectivity index (χ2v) is 14.2. The Hall–Kier alpha value is -5.73. The number of fused-ring (bicyclic) bond motifs is 4. The summed E-state index contributed by atoms with van der Waals surface area (Å²) in [6.07, 6.45) is 4.45. The molecule has 6 aromatic rings. The Bertz CT molecular complexity index is 2440. The molecule has 2 N–H and O–H groups in total. The van der Waals surface area contributed by atoms with E-state index >= 15 is 0 Å². The first-order valence-corrected chi connectivity index (χ1v) is 18.4. The van der Waals surface area contributed by atoms with Crippen LogP contribution in [-0.4, -0.2) is 67.3 Å². The standard InChI is InChI=1S/C39H40N8O5S/c1-23-10-12-27(13-11-23)36-35-24(2)25(3)53-38(35)47-26(4)44-45-37(47)31(42-36)21-34(49)40-15-6-17-51-18-7-19-52-32-9-5-8-30-29(32)20-28(22-41-30)46-16-14-33(48)43-39(46)50/h5,8-14,16,20,22,31H,6-7,15,17-19,21H2,1-4H3,(H,40,49)(H,43,48,50)/t31-/m0/s1. The Morgan fingerprint density at radius 2 is 1.79 bits per heavy atom. The van der Waals surface area contributed by atoms with Crippen molar-refractivity contribution in [1.82, 2.24) is 34.6 Å². The van der Waals surface area contributed by atoms with Crippen LogP contribution in [0.25, 0.3) is 21.6 Å². The van der Waals surface area contributed by atoms with Crippen LogP contribution in [0.4, 0.5) is 0 Å². The first-order valence-electron chi connectivity index (χ1n) is 17.5. The molecule has 53 heavy (non-hydrogen) atoms. The lowest BCUT2D eigenvalue weighted by atomic mass is 9.99. The second kappa shape index (κ2) is 15.5. The second-order valence-electron chi connectivity index (χ2n) is 13.0. The van der Waals surface area contributed by atoms with Crippen LogP contribution in [0.15, 0.2) is 81.6 Å². The molecule has 0 radical (unpaired) electrons. The van der Waals surface area contributed by atoms with Crippen molar-refractivity contribution < 1.29 is 14.3 Å². The van der Waals surface area contributed by atoms with Crippen LogP contribution >= 0.6 is 11.3 Å². The van der Waals surface area contributed by atoms with Gasteiger partial charge in [0.1, 0.15) is 22.6 Å². The van der Waals surface area contributed by atoms with Gasteiger partial charge in [0, 0.05) is 59.8 Å². The fourth-order valence-electron chi connectivity index (χ4n) is 6.32. The highest BCUT2D eigenvalue weighted by Crippen LogP contribution is 2.39. The van der Waals surface area contributed by atoms with E-state index in [-0.39, 0.29) is 12.3 Å². The Morgan fingerprint density at radius 1 is 0.981 bits per heavy atom. The number of aromatic nitrogens is 6. The molecule has 13 nitrogen and oxygen atoms in total. The van der Waals surface area contributed by atoms with Crippen LogP contribution in [-0.2, 0) is 9.53 Å². The summed E-state index contributed by atoms with van der Waals surface area (Å²) in [4.78, 5) is 50.2. The van der Waals surface area contributed by atoms with Gasteiger partial charge in [-0.15, -0.1) is 21.5 Å². The summed E-state index contributed by atoms with van der Waals surface area (Å²) < 4.78 is 15.3. The van der Waals surface area contributed by atoms with Crippen molar-refractivity contribution in [3.05, 3.63) is 127 Å². The molecule has 5 heterocycles. The Labute approximate surface area is 309 Å². The fraction of sp³-hybridized carbons (Fsp3) is 0.308. The number of H-pyrrole nitrogens is 1. The van der Waals surface area contributed by atoms with Crippen molar-refractivity contribution in [2.75, 3.05) is 26.4 Å². The van der Waals surface area contributed by atoms with E-state index in [1.54, 1.807) is 23.6 Å². The Morgan fingerprint density at radius 3 is 2.60 bits per heavy atom. The normalized spacial score (nSPS) is 13.7. The number of aryl methyl sites for hydroxylation is 3. The number of nitrogens with zero attached hydrogens (tertiary/aromatic N) is 6. The van der Waals surface area contributed by atoms with Gasteiger partial charge >= 0.3 is 5.69 Å². The third kappa shape index (κ3) is 7.59. The van der Waals surface area contributed by atoms with E-state index < -0.39 is 17.3 Å². The summed E-state index contributed by atoms with van der Waals surface area (Å²) in [5.74, 6) is 1.95. The van der Waals surface area contributed by atoms with Gasteiger partial charge in [0.05, 0.1) is 36.1 Å². The molecular formula is C39H40N8O5S. The average Bonchev–Trinajstić information content (AvgIpc) is 3.62.